The van der Waals surface area contributed by atoms with Crippen molar-refractivity contribution >= 4 is 34.8 Å². The first-order chi connectivity index (χ1) is 6.60. The van der Waals surface area contributed by atoms with E-state index in [0.29, 0.717) is 26.7 Å². The number of aldehydes is 1. The number of methoxy groups -OCH3 is 1. The van der Waals surface area contributed by atoms with Crippen molar-refractivity contribution in [3.8, 4) is 5.75 Å². The van der Waals surface area contributed by atoms with Crippen LogP contribution in [0.5, 0.6) is 5.75 Å². The Balaban J connectivity index is 3.38. The number of halogens is 1. The smallest absolute Gasteiger partial charge is 0.248 e. The zero-order chi connectivity index (χ0) is 10.7. The fourth-order valence-corrected chi connectivity index (χ4v) is 1.93. The van der Waals surface area contributed by atoms with Crippen LogP contribution in [0, 0.1) is 3.57 Å². The van der Waals surface area contributed by atoms with Gasteiger partial charge in [0, 0.05) is 5.56 Å². The summed E-state index contributed by atoms with van der Waals surface area (Å²) in [6, 6.07) is 2.99. The van der Waals surface area contributed by atoms with Crippen molar-refractivity contribution in [3.05, 3.63) is 26.8 Å². The molecule has 1 aromatic rings. The van der Waals surface area contributed by atoms with Crippen molar-refractivity contribution < 1.29 is 14.3 Å². The summed E-state index contributed by atoms with van der Waals surface area (Å²) in [7, 11) is 1.47. The van der Waals surface area contributed by atoms with E-state index in [-0.39, 0.29) is 0 Å². The molecule has 0 atom stereocenters. The Bertz CT molecular complexity index is 390. The quantitative estimate of drug-likeness (QED) is 0.674. The number of ether oxygens (including phenoxy) is 1. The van der Waals surface area contributed by atoms with Crippen molar-refractivity contribution in [3.63, 3.8) is 0 Å². The highest BCUT2D eigenvalue weighted by Crippen LogP contribution is 2.25. The molecule has 1 amide bonds. The van der Waals surface area contributed by atoms with Crippen molar-refractivity contribution in [1.29, 1.82) is 0 Å². The van der Waals surface area contributed by atoms with Gasteiger partial charge < -0.3 is 10.5 Å². The predicted octanol–water partition coefficient (Wildman–Crippen LogP) is 1.21. The van der Waals surface area contributed by atoms with E-state index in [1.54, 1.807) is 6.07 Å². The van der Waals surface area contributed by atoms with Gasteiger partial charge in [0.05, 0.1) is 16.2 Å². The highest BCUT2D eigenvalue weighted by atomic mass is 127. The summed E-state index contributed by atoms with van der Waals surface area (Å²) in [5.41, 5.74) is 5.73. The molecule has 0 aromatic heterocycles. The molecule has 0 aliphatic rings. The van der Waals surface area contributed by atoms with Crippen molar-refractivity contribution in [1.82, 2.24) is 0 Å². The van der Waals surface area contributed by atoms with Crippen molar-refractivity contribution in [2.45, 2.75) is 0 Å². The van der Waals surface area contributed by atoms with Gasteiger partial charge in [-0.2, -0.15) is 0 Å². The van der Waals surface area contributed by atoms with Crippen molar-refractivity contribution in [2.24, 2.45) is 5.73 Å². The molecule has 0 radical (unpaired) electrons. The molecule has 0 bridgehead atoms. The highest BCUT2D eigenvalue weighted by molar-refractivity contribution is 14.1. The van der Waals surface area contributed by atoms with Gasteiger partial charge in [-0.15, -0.1) is 0 Å². The molecule has 0 saturated heterocycles. The lowest BCUT2D eigenvalue weighted by molar-refractivity contribution is 0.1000. The number of rotatable bonds is 3. The van der Waals surface area contributed by atoms with E-state index in [2.05, 4.69) is 0 Å². The normalized spacial score (nSPS) is 9.57. The lowest BCUT2D eigenvalue weighted by Crippen LogP contribution is -2.12. The molecule has 0 aliphatic carbocycles. The maximum Gasteiger partial charge on any atom is 0.248 e. The Morgan fingerprint density at radius 2 is 2.21 bits per heavy atom. The molecule has 1 aromatic carbocycles. The zero-order valence-corrected chi connectivity index (χ0v) is 9.57. The Kier molecular flexibility index (Phi) is 3.45. The van der Waals surface area contributed by atoms with E-state index < -0.39 is 5.91 Å². The summed E-state index contributed by atoms with van der Waals surface area (Å²) >= 11 is 1.98. The molecule has 0 fully saturated rings. The number of carbonyl (C=O) groups is 2. The molecule has 2 N–H and O–H groups in total. The Labute approximate surface area is 94.6 Å². The van der Waals surface area contributed by atoms with Gasteiger partial charge in [-0.25, -0.2) is 0 Å². The summed E-state index contributed by atoms with van der Waals surface area (Å²) < 4.78 is 5.69. The Morgan fingerprint density at radius 1 is 1.57 bits per heavy atom. The fourth-order valence-electron chi connectivity index (χ4n) is 1.06. The summed E-state index contributed by atoms with van der Waals surface area (Å²) in [4.78, 5) is 21.6. The van der Waals surface area contributed by atoms with E-state index in [9.17, 15) is 9.59 Å². The molecule has 0 heterocycles. The highest BCUT2D eigenvalue weighted by Gasteiger charge is 2.11. The van der Waals surface area contributed by atoms with Crippen LogP contribution in [0.3, 0.4) is 0 Å². The standard InChI is InChI=1S/C9H8INO3/c1-14-8-6(4-12)2-5(9(11)13)3-7(8)10/h2-4H,1H3,(H2,11,13). The molecule has 0 aliphatic heterocycles. The maximum atomic E-state index is 10.9. The summed E-state index contributed by atoms with van der Waals surface area (Å²) in [5, 5.41) is 0. The second-order valence-electron chi connectivity index (χ2n) is 2.56. The average molecular weight is 305 g/mol. The lowest BCUT2D eigenvalue weighted by Gasteiger charge is -2.07. The molecule has 14 heavy (non-hydrogen) atoms. The first kappa shape index (κ1) is 11.0. The summed E-state index contributed by atoms with van der Waals surface area (Å²) in [6.45, 7) is 0. The van der Waals surface area contributed by atoms with Gasteiger partial charge >= 0.3 is 0 Å². The number of amides is 1. The van der Waals surface area contributed by atoms with E-state index in [1.165, 1.54) is 13.2 Å². The first-order valence-electron chi connectivity index (χ1n) is 3.72. The third-order valence-corrected chi connectivity index (χ3v) is 2.49. The number of hydrogen-bond acceptors (Lipinski definition) is 3. The van der Waals surface area contributed by atoms with Gasteiger partial charge in [0.2, 0.25) is 5.91 Å². The minimum absolute atomic E-state index is 0.303. The molecular weight excluding hydrogens is 297 g/mol. The van der Waals surface area contributed by atoms with Crippen LogP contribution >= 0.6 is 22.6 Å². The zero-order valence-electron chi connectivity index (χ0n) is 7.41. The monoisotopic (exact) mass is 305 g/mol. The van der Waals surface area contributed by atoms with Gasteiger partial charge in [0.1, 0.15) is 5.75 Å². The number of primary amides is 1. The number of carbonyl (C=O) groups excluding carboxylic acids is 2. The SMILES string of the molecule is COc1c(I)cc(C(N)=O)cc1C=O. The van der Waals surface area contributed by atoms with Gasteiger partial charge in [-0.1, -0.05) is 0 Å². The second-order valence-corrected chi connectivity index (χ2v) is 3.72. The number of benzene rings is 1. The molecule has 0 saturated carbocycles. The van der Waals surface area contributed by atoms with Crippen LogP contribution in [0.1, 0.15) is 20.7 Å². The molecule has 1 rings (SSSR count). The van der Waals surface area contributed by atoms with E-state index in [1.807, 2.05) is 22.6 Å². The Hall–Kier alpha value is -1.11. The van der Waals surface area contributed by atoms with Crippen LogP contribution in [0.15, 0.2) is 12.1 Å². The first-order valence-corrected chi connectivity index (χ1v) is 4.80. The minimum atomic E-state index is -0.561. The summed E-state index contributed by atoms with van der Waals surface area (Å²) in [6.07, 6.45) is 0.632. The maximum absolute atomic E-state index is 10.9. The van der Waals surface area contributed by atoms with E-state index >= 15 is 0 Å². The molecule has 4 nitrogen and oxygen atoms in total. The van der Waals surface area contributed by atoms with Crippen LogP contribution in [-0.2, 0) is 0 Å². The van der Waals surface area contributed by atoms with Crippen LogP contribution in [0.4, 0.5) is 0 Å². The largest absolute Gasteiger partial charge is 0.495 e. The molecular formula is C9H8INO3. The van der Waals surface area contributed by atoms with Crippen LogP contribution in [-0.4, -0.2) is 19.3 Å². The third-order valence-electron chi connectivity index (χ3n) is 1.69. The minimum Gasteiger partial charge on any atom is -0.495 e. The van der Waals surface area contributed by atoms with Gasteiger partial charge in [0.15, 0.2) is 6.29 Å². The average Bonchev–Trinajstić information content (AvgIpc) is 2.16. The molecule has 74 valence electrons. The number of nitrogens with two attached hydrogens (primary N) is 1. The Morgan fingerprint density at radius 3 is 2.64 bits per heavy atom. The van der Waals surface area contributed by atoms with Gasteiger partial charge in [-0.05, 0) is 34.7 Å². The molecule has 0 spiro atoms. The van der Waals surface area contributed by atoms with Crippen molar-refractivity contribution in [2.75, 3.05) is 7.11 Å². The molecule has 0 unspecified atom stereocenters. The van der Waals surface area contributed by atoms with Gasteiger partial charge in [-0.3, -0.25) is 9.59 Å². The third kappa shape index (κ3) is 2.03. The van der Waals surface area contributed by atoms with E-state index in [4.69, 9.17) is 10.5 Å². The molecule has 5 heteroatoms. The van der Waals surface area contributed by atoms with Crippen LogP contribution < -0.4 is 10.5 Å². The topological polar surface area (TPSA) is 69.4 Å². The predicted molar refractivity (Wildman–Crippen MR) is 59.6 cm³/mol. The van der Waals surface area contributed by atoms with Crippen LogP contribution in [0.25, 0.3) is 0 Å². The lowest BCUT2D eigenvalue weighted by atomic mass is 10.1. The number of hydrogen-bond donors (Lipinski definition) is 1. The summed E-state index contributed by atoms with van der Waals surface area (Å²) in [5.74, 6) is -0.0979. The second kappa shape index (κ2) is 4.41. The van der Waals surface area contributed by atoms with Gasteiger partial charge in [0.25, 0.3) is 0 Å². The fraction of sp³-hybridized carbons (Fsp3) is 0.111. The van der Waals surface area contributed by atoms with Crippen LogP contribution in [0.2, 0.25) is 0 Å². The van der Waals surface area contributed by atoms with E-state index in [0.717, 1.165) is 0 Å².